The molecule has 31 heavy (non-hydrogen) atoms. The van der Waals surface area contributed by atoms with Gasteiger partial charge in [-0.1, -0.05) is 36.8 Å². The van der Waals surface area contributed by atoms with Crippen LogP contribution in [0.25, 0.3) is 0 Å². The topological polar surface area (TPSA) is 55.6 Å². The molecule has 2 aliphatic rings. The Balaban J connectivity index is 1.87. The summed E-state index contributed by atoms with van der Waals surface area (Å²) in [5.74, 6) is 1.19. The van der Waals surface area contributed by atoms with E-state index in [1.54, 1.807) is 12.1 Å². The second-order valence-electron chi connectivity index (χ2n) is 9.87. The van der Waals surface area contributed by atoms with Crippen molar-refractivity contribution in [3.8, 4) is 0 Å². The van der Waals surface area contributed by atoms with Gasteiger partial charge in [-0.2, -0.15) is 0 Å². The normalized spacial score (nSPS) is 24.0. The molecule has 2 aromatic rings. The zero-order chi connectivity index (χ0) is 22.2. The predicted molar refractivity (Wildman–Crippen MR) is 128 cm³/mol. The van der Waals surface area contributed by atoms with Gasteiger partial charge in [-0.25, -0.2) is 0 Å². The molecule has 0 saturated heterocycles. The van der Waals surface area contributed by atoms with Crippen molar-refractivity contribution in [2.45, 2.75) is 70.2 Å². The third-order valence-corrected chi connectivity index (χ3v) is 7.36. The molecule has 164 valence electrons. The van der Waals surface area contributed by atoms with Crippen molar-refractivity contribution in [3.05, 3.63) is 81.6 Å². The van der Waals surface area contributed by atoms with Crippen LogP contribution in [0.4, 0.5) is 11.4 Å². The van der Waals surface area contributed by atoms with Crippen molar-refractivity contribution in [1.82, 2.24) is 0 Å². The fourth-order valence-electron chi connectivity index (χ4n) is 5.25. The molecule has 2 aromatic carbocycles. The van der Waals surface area contributed by atoms with Crippen LogP contribution >= 0.6 is 0 Å². The summed E-state index contributed by atoms with van der Waals surface area (Å²) < 4.78 is 6.70. The number of nitro benzene ring substituents is 1. The third-order valence-electron chi connectivity index (χ3n) is 6.50. The van der Waals surface area contributed by atoms with Gasteiger partial charge in [-0.05, 0) is 69.1 Å². The first kappa shape index (κ1) is 21.6. The monoisotopic (exact) mass is 436 g/mol. The van der Waals surface area contributed by atoms with Crippen LogP contribution in [0.5, 0.6) is 0 Å². The molecule has 1 aliphatic carbocycles. The summed E-state index contributed by atoms with van der Waals surface area (Å²) in [6, 6.07) is 17.8. The Labute approximate surface area is 186 Å². The van der Waals surface area contributed by atoms with E-state index in [1.165, 1.54) is 29.7 Å². The summed E-state index contributed by atoms with van der Waals surface area (Å²) in [6.07, 6.45) is 5.30. The highest BCUT2D eigenvalue weighted by Crippen LogP contribution is 2.52. The lowest BCUT2D eigenvalue weighted by Crippen LogP contribution is -2.55. The van der Waals surface area contributed by atoms with Gasteiger partial charge in [0, 0.05) is 24.2 Å². The fraction of sp³-hybridized carbons (Fsp3) is 0.440. The summed E-state index contributed by atoms with van der Waals surface area (Å²) >= 11 is 0. The minimum atomic E-state index is -1.76. The van der Waals surface area contributed by atoms with E-state index >= 15 is 0 Å². The van der Waals surface area contributed by atoms with Crippen molar-refractivity contribution in [3.63, 3.8) is 0 Å². The number of fused-ring (bicyclic) bond motifs is 1. The van der Waals surface area contributed by atoms with E-state index in [2.05, 4.69) is 55.7 Å². The lowest BCUT2D eigenvalue weighted by molar-refractivity contribution is -0.384. The van der Waals surface area contributed by atoms with E-state index in [0.29, 0.717) is 0 Å². The van der Waals surface area contributed by atoms with Crippen molar-refractivity contribution in [1.29, 1.82) is 0 Å². The maximum Gasteiger partial charge on any atom is 0.269 e. The fourth-order valence-corrected chi connectivity index (χ4v) is 6.19. The number of nitrogens with zero attached hydrogens (tertiary/aromatic N) is 2. The standard InChI is InChI=1S/C25H32N2O3Si/c1-25-17-9-8-12-22(25)24(30-31(2,3)4)18-23(19-10-6-5-7-11-19)26(25)20-13-15-21(16-14-20)27(28)29/h5-7,10-11,13-16,23H,8-9,12,17-18H2,1-4H3/t23-,25-/m0/s1. The molecule has 0 bridgehead atoms. The van der Waals surface area contributed by atoms with Crippen LogP contribution in [0, 0.1) is 10.1 Å². The molecule has 1 fully saturated rings. The van der Waals surface area contributed by atoms with Gasteiger partial charge in [0.15, 0.2) is 0 Å². The molecular formula is C25H32N2O3Si. The summed E-state index contributed by atoms with van der Waals surface area (Å²) in [7, 11) is -1.76. The summed E-state index contributed by atoms with van der Waals surface area (Å²) in [6.45, 7) is 9.09. The van der Waals surface area contributed by atoms with Crippen molar-refractivity contribution < 1.29 is 9.35 Å². The first-order valence-corrected chi connectivity index (χ1v) is 14.6. The minimum Gasteiger partial charge on any atom is -0.547 e. The lowest BCUT2D eigenvalue weighted by Gasteiger charge is -2.55. The predicted octanol–water partition coefficient (Wildman–Crippen LogP) is 6.98. The zero-order valence-electron chi connectivity index (χ0n) is 18.9. The molecule has 5 nitrogen and oxygen atoms in total. The van der Waals surface area contributed by atoms with Crippen molar-refractivity contribution in [2.24, 2.45) is 0 Å². The molecule has 0 radical (unpaired) electrons. The van der Waals surface area contributed by atoms with E-state index < -0.39 is 8.32 Å². The van der Waals surface area contributed by atoms with Crippen molar-refractivity contribution in [2.75, 3.05) is 4.90 Å². The van der Waals surface area contributed by atoms with Gasteiger partial charge in [0.1, 0.15) is 0 Å². The Bertz CT molecular complexity index is 982. The molecule has 0 spiro atoms. The summed E-state index contributed by atoms with van der Waals surface area (Å²) in [5, 5.41) is 11.2. The quantitative estimate of drug-likeness (QED) is 0.288. The van der Waals surface area contributed by atoms with Gasteiger partial charge in [-0.3, -0.25) is 10.1 Å². The number of hydrogen-bond acceptors (Lipinski definition) is 4. The average Bonchev–Trinajstić information content (AvgIpc) is 2.73. The van der Waals surface area contributed by atoms with E-state index in [-0.39, 0.29) is 22.2 Å². The minimum absolute atomic E-state index is 0.126. The van der Waals surface area contributed by atoms with E-state index in [0.717, 1.165) is 24.9 Å². The van der Waals surface area contributed by atoms with E-state index in [4.69, 9.17) is 4.43 Å². The number of non-ortho nitro benzene ring substituents is 1. The highest BCUT2D eigenvalue weighted by atomic mass is 28.4. The molecule has 6 heteroatoms. The van der Waals surface area contributed by atoms with Crippen LogP contribution in [0.1, 0.15) is 50.6 Å². The Morgan fingerprint density at radius 3 is 2.35 bits per heavy atom. The molecule has 2 atom stereocenters. The van der Waals surface area contributed by atoms with Gasteiger partial charge in [0.25, 0.3) is 5.69 Å². The second-order valence-corrected chi connectivity index (χ2v) is 14.3. The first-order chi connectivity index (χ1) is 14.7. The Kier molecular flexibility index (Phi) is 5.68. The van der Waals surface area contributed by atoms with Gasteiger partial charge >= 0.3 is 0 Å². The van der Waals surface area contributed by atoms with Crippen LogP contribution in [0.15, 0.2) is 65.9 Å². The molecule has 0 aromatic heterocycles. The number of anilines is 1. The van der Waals surface area contributed by atoms with Gasteiger partial charge in [0.05, 0.1) is 22.3 Å². The van der Waals surface area contributed by atoms with Crippen LogP contribution < -0.4 is 4.90 Å². The van der Waals surface area contributed by atoms with Gasteiger partial charge in [0.2, 0.25) is 8.32 Å². The van der Waals surface area contributed by atoms with Gasteiger partial charge < -0.3 is 9.33 Å². The highest BCUT2D eigenvalue weighted by Gasteiger charge is 2.47. The SMILES string of the molecule is C[C@]12CCCCC1=C(O[Si](C)(C)C)C[C@@H](c1ccccc1)N2c1ccc([N+](=O)[O-])cc1. The molecule has 1 saturated carbocycles. The Hall–Kier alpha value is -2.60. The average molecular weight is 437 g/mol. The first-order valence-electron chi connectivity index (χ1n) is 11.2. The molecule has 1 aliphatic heterocycles. The van der Waals surface area contributed by atoms with Crippen molar-refractivity contribution >= 4 is 19.7 Å². The van der Waals surface area contributed by atoms with Gasteiger partial charge in [-0.15, -0.1) is 0 Å². The maximum atomic E-state index is 11.2. The van der Waals surface area contributed by atoms with Crippen LogP contribution in [-0.4, -0.2) is 18.8 Å². The molecule has 0 amide bonds. The smallest absolute Gasteiger partial charge is 0.269 e. The lowest BCUT2D eigenvalue weighted by atomic mass is 9.71. The molecule has 0 unspecified atom stereocenters. The Morgan fingerprint density at radius 1 is 1.06 bits per heavy atom. The summed E-state index contributed by atoms with van der Waals surface area (Å²) in [4.78, 5) is 13.4. The molecule has 0 N–H and O–H groups in total. The third kappa shape index (κ3) is 4.26. The molecular weight excluding hydrogens is 404 g/mol. The molecule has 1 heterocycles. The number of benzene rings is 2. The van der Waals surface area contributed by atoms with Crippen LogP contribution in [0.2, 0.25) is 19.6 Å². The van der Waals surface area contributed by atoms with Crippen LogP contribution in [0.3, 0.4) is 0 Å². The second kappa shape index (κ2) is 8.15. The number of rotatable bonds is 5. The largest absolute Gasteiger partial charge is 0.547 e. The number of hydrogen-bond donors (Lipinski definition) is 0. The van der Waals surface area contributed by atoms with Crippen LogP contribution in [-0.2, 0) is 4.43 Å². The number of nitro groups is 1. The summed E-state index contributed by atoms with van der Waals surface area (Å²) in [5.41, 5.74) is 3.68. The molecule has 4 rings (SSSR count). The van der Waals surface area contributed by atoms with E-state index in [1.807, 2.05) is 18.2 Å². The highest BCUT2D eigenvalue weighted by molar-refractivity contribution is 6.70. The zero-order valence-corrected chi connectivity index (χ0v) is 19.9. The van der Waals surface area contributed by atoms with E-state index in [9.17, 15) is 10.1 Å². The maximum absolute atomic E-state index is 11.2. The Morgan fingerprint density at radius 2 is 1.74 bits per heavy atom.